The predicted molar refractivity (Wildman–Crippen MR) is 103 cm³/mol. The lowest BCUT2D eigenvalue weighted by Crippen LogP contribution is -2.24. The van der Waals surface area contributed by atoms with Crippen LogP contribution in [-0.2, 0) is 14.3 Å². The van der Waals surface area contributed by atoms with Crippen LogP contribution in [0.15, 0.2) is 30.3 Å². The second-order valence-electron chi connectivity index (χ2n) is 6.50. The van der Waals surface area contributed by atoms with Crippen LogP contribution in [0, 0.1) is 5.92 Å². The Hall–Kier alpha value is -2.43. The number of hydrogen-bond acceptors (Lipinski definition) is 4. The zero-order valence-electron chi connectivity index (χ0n) is 16.2. The number of allylic oxidation sites excluding steroid dienone is 1. The van der Waals surface area contributed by atoms with Gasteiger partial charge < -0.3 is 9.64 Å². The minimum absolute atomic E-state index is 0.0269. The molecule has 0 saturated carbocycles. The van der Waals surface area contributed by atoms with Gasteiger partial charge in [0.05, 0.1) is 13.0 Å². The number of unbranched alkanes of at least 4 members (excludes halogenated alkanes) is 1. The summed E-state index contributed by atoms with van der Waals surface area (Å²) in [5.41, 5.74) is 1.62. The van der Waals surface area contributed by atoms with Crippen LogP contribution >= 0.6 is 0 Å². The third-order valence-electron chi connectivity index (χ3n) is 4.33. The van der Waals surface area contributed by atoms with E-state index in [9.17, 15) is 14.4 Å². The van der Waals surface area contributed by atoms with Crippen LogP contribution < -0.4 is 0 Å². The Balaban J connectivity index is 2.51. The minimum atomic E-state index is -0.287. The van der Waals surface area contributed by atoms with E-state index in [4.69, 9.17) is 0 Å². The zero-order chi connectivity index (χ0) is 19.5. The number of esters is 1. The van der Waals surface area contributed by atoms with Crippen molar-refractivity contribution < 1.29 is 19.1 Å². The van der Waals surface area contributed by atoms with Gasteiger partial charge >= 0.3 is 5.97 Å². The molecule has 1 aromatic carbocycles. The number of ether oxygens (including phenoxy) is 1. The molecule has 0 radical (unpaired) electrons. The fraction of sp³-hybridized carbons (Fsp3) is 0.476. The highest BCUT2D eigenvalue weighted by atomic mass is 16.5. The highest BCUT2D eigenvalue weighted by Crippen LogP contribution is 2.14. The van der Waals surface area contributed by atoms with E-state index in [-0.39, 0.29) is 23.6 Å². The number of carbonyl (C=O) groups is 3. The first-order chi connectivity index (χ1) is 12.3. The van der Waals surface area contributed by atoms with Gasteiger partial charge in [-0.3, -0.25) is 14.4 Å². The summed E-state index contributed by atoms with van der Waals surface area (Å²) < 4.78 is 4.68. The van der Waals surface area contributed by atoms with Crippen molar-refractivity contribution >= 4 is 23.7 Å². The van der Waals surface area contributed by atoms with E-state index >= 15 is 0 Å². The highest BCUT2D eigenvalue weighted by Gasteiger charge is 2.15. The first-order valence-corrected chi connectivity index (χ1v) is 8.94. The lowest BCUT2D eigenvalue weighted by molar-refractivity contribution is -0.145. The van der Waals surface area contributed by atoms with Crippen molar-refractivity contribution in [1.29, 1.82) is 0 Å². The molecule has 1 rings (SSSR count). The molecule has 0 aliphatic rings. The van der Waals surface area contributed by atoms with Gasteiger partial charge in [0, 0.05) is 32.5 Å². The number of rotatable bonds is 10. The first kappa shape index (κ1) is 21.6. The molecule has 0 spiro atoms. The predicted octanol–water partition coefficient (Wildman–Crippen LogP) is 3.73. The normalized spacial score (nSPS) is 12.0. The van der Waals surface area contributed by atoms with Gasteiger partial charge in [0.15, 0.2) is 5.78 Å². The van der Waals surface area contributed by atoms with E-state index in [1.54, 1.807) is 31.9 Å². The summed E-state index contributed by atoms with van der Waals surface area (Å²) in [4.78, 5) is 36.5. The smallest absolute Gasteiger partial charge is 0.308 e. The Bertz CT molecular complexity index is 651. The number of methoxy groups -OCH3 is 1. The van der Waals surface area contributed by atoms with E-state index < -0.39 is 0 Å². The Morgan fingerprint density at radius 1 is 1.27 bits per heavy atom. The largest absolute Gasteiger partial charge is 0.469 e. The molecule has 26 heavy (non-hydrogen) atoms. The van der Waals surface area contributed by atoms with Gasteiger partial charge in [0.2, 0.25) is 5.91 Å². The summed E-state index contributed by atoms with van der Waals surface area (Å²) in [6.07, 6.45) is 6.61. The monoisotopic (exact) mass is 359 g/mol. The summed E-state index contributed by atoms with van der Waals surface area (Å²) in [5, 5.41) is 0. The van der Waals surface area contributed by atoms with Crippen molar-refractivity contribution in [2.75, 3.05) is 20.7 Å². The van der Waals surface area contributed by atoms with Crippen LogP contribution in [-0.4, -0.2) is 43.3 Å². The van der Waals surface area contributed by atoms with Crippen LogP contribution in [0.4, 0.5) is 0 Å². The van der Waals surface area contributed by atoms with Gasteiger partial charge in [-0.2, -0.15) is 0 Å². The Kier molecular flexibility index (Phi) is 9.34. The second-order valence-corrected chi connectivity index (χ2v) is 6.50. The summed E-state index contributed by atoms with van der Waals surface area (Å²) in [6.45, 7) is 4.06. The fourth-order valence-electron chi connectivity index (χ4n) is 2.45. The van der Waals surface area contributed by atoms with E-state index in [1.807, 2.05) is 24.3 Å². The highest BCUT2D eigenvalue weighted by molar-refractivity contribution is 5.96. The van der Waals surface area contributed by atoms with Gasteiger partial charge in [-0.1, -0.05) is 37.3 Å². The molecule has 0 bridgehead atoms. The number of carbonyl (C=O) groups excluding carboxylic acids is 3. The average Bonchev–Trinajstić information content (AvgIpc) is 2.64. The average molecular weight is 359 g/mol. The van der Waals surface area contributed by atoms with Gasteiger partial charge in [-0.05, 0) is 30.9 Å². The number of ketones is 1. The molecular formula is C21H29NO4. The van der Waals surface area contributed by atoms with Crippen LogP contribution in [0.25, 0.3) is 6.08 Å². The standard InChI is InChI=1S/C21H29NO4/c1-16(21(25)26-4)12-13-20(24)19-11-8-10-18(15-19)9-6-5-7-14-22(3)17(2)23/h6,8-11,15-16H,5,7,12-14H2,1-4H3/b9-6-/t16-/m0/s1. The maximum atomic E-state index is 12.3. The molecule has 1 atom stereocenters. The number of hydrogen-bond donors (Lipinski definition) is 0. The Labute approximate surface area is 156 Å². The molecule has 5 heteroatoms. The number of amides is 1. The summed E-state index contributed by atoms with van der Waals surface area (Å²) in [6, 6.07) is 7.47. The molecule has 0 saturated heterocycles. The Morgan fingerprint density at radius 2 is 2.00 bits per heavy atom. The molecule has 0 fully saturated rings. The van der Waals surface area contributed by atoms with Crippen molar-refractivity contribution in [3.05, 3.63) is 41.5 Å². The van der Waals surface area contributed by atoms with Crippen LogP contribution in [0.3, 0.4) is 0 Å². The molecule has 142 valence electrons. The van der Waals surface area contributed by atoms with Gasteiger partial charge in [-0.25, -0.2) is 0 Å². The van der Waals surface area contributed by atoms with Crippen molar-refractivity contribution in [1.82, 2.24) is 4.90 Å². The third kappa shape index (κ3) is 7.64. The summed E-state index contributed by atoms with van der Waals surface area (Å²) >= 11 is 0. The first-order valence-electron chi connectivity index (χ1n) is 8.94. The molecular weight excluding hydrogens is 330 g/mol. The third-order valence-corrected chi connectivity index (χ3v) is 4.33. The molecule has 0 N–H and O–H groups in total. The van der Waals surface area contributed by atoms with Crippen molar-refractivity contribution in [3.8, 4) is 0 Å². The lowest BCUT2D eigenvalue weighted by atomic mass is 9.99. The molecule has 5 nitrogen and oxygen atoms in total. The second kappa shape index (κ2) is 11.2. The molecule has 0 unspecified atom stereocenters. The van der Waals surface area contributed by atoms with Crippen LogP contribution in [0.2, 0.25) is 0 Å². The lowest BCUT2D eigenvalue weighted by Gasteiger charge is -2.13. The molecule has 1 aromatic rings. The van der Waals surface area contributed by atoms with E-state index in [0.717, 1.165) is 24.9 Å². The molecule has 0 aliphatic heterocycles. The SMILES string of the molecule is COC(=O)[C@@H](C)CCC(=O)c1cccc(/C=C\CCCN(C)C(C)=O)c1. The maximum absolute atomic E-state index is 12.3. The number of Topliss-reactive ketones (excluding diaryl/α,β-unsaturated/α-hetero) is 1. The minimum Gasteiger partial charge on any atom is -0.469 e. The van der Waals surface area contributed by atoms with Crippen molar-refractivity contribution in [3.63, 3.8) is 0 Å². The van der Waals surface area contributed by atoms with Gasteiger partial charge in [-0.15, -0.1) is 0 Å². The zero-order valence-corrected chi connectivity index (χ0v) is 16.2. The van der Waals surface area contributed by atoms with E-state index in [1.165, 1.54) is 7.11 Å². The fourth-order valence-corrected chi connectivity index (χ4v) is 2.45. The van der Waals surface area contributed by atoms with E-state index in [0.29, 0.717) is 18.4 Å². The van der Waals surface area contributed by atoms with E-state index in [2.05, 4.69) is 10.8 Å². The van der Waals surface area contributed by atoms with Crippen molar-refractivity contribution in [2.24, 2.45) is 5.92 Å². The quantitative estimate of drug-likeness (QED) is 0.363. The molecule has 0 heterocycles. The molecule has 0 aromatic heterocycles. The van der Waals surface area contributed by atoms with Gasteiger partial charge in [0.1, 0.15) is 0 Å². The van der Waals surface area contributed by atoms with Crippen molar-refractivity contribution in [2.45, 2.75) is 39.5 Å². The number of benzene rings is 1. The summed E-state index contributed by atoms with van der Waals surface area (Å²) in [7, 11) is 3.15. The number of nitrogens with zero attached hydrogens (tertiary/aromatic N) is 1. The molecule has 0 aliphatic carbocycles. The topological polar surface area (TPSA) is 63.7 Å². The maximum Gasteiger partial charge on any atom is 0.308 e. The van der Waals surface area contributed by atoms with Crippen LogP contribution in [0.1, 0.15) is 55.5 Å². The van der Waals surface area contributed by atoms with Crippen LogP contribution in [0.5, 0.6) is 0 Å². The Morgan fingerprint density at radius 3 is 2.65 bits per heavy atom. The van der Waals surface area contributed by atoms with Gasteiger partial charge in [0.25, 0.3) is 0 Å². The molecule has 1 amide bonds. The summed E-state index contributed by atoms with van der Waals surface area (Å²) in [5.74, 6) is -0.467.